The van der Waals surface area contributed by atoms with E-state index in [1.165, 1.54) is 22.8 Å². The van der Waals surface area contributed by atoms with Gasteiger partial charge in [-0.05, 0) is 60.9 Å². The molecule has 2 aromatic rings. The summed E-state index contributed by atoms with van der Waals surface area (Å²) in [5.74, 6) is -3.67. The maximum atomic E-state index is 13.5. The fourth-order valence-corrected chi connectivity index (χ4v) is 8.83. The lowest BCUT2D eigenvalue weighted by Crippen LogP contribution is -2.23. The minimum Gasteiger partial charge on any atom is -0.348 e. The zero-order valence-electron chi connectivity index (χ0n) is 14.2. The summed E-state index contributed by atoms with van der Waals surface area (Å²) in [5.41, 5.74) is 0. The van der Waals surface area contributed by atoms with Crippen LogP contribution in [0.1, 0.15) is 13.8 Å². The van der Waals surface area contributed by atoms with Gasteiger partial charge in [0.15, 0.2) is 5.79 Å². The molecular formula is C18H21O4PS2. The number of hydrogen-bond donors (Lipinski definition) is 0. The molecule has 7 heteroatoms. The van der Waals surface area contributed by atoms with Gasteiger partial charge in [0.2, 0.25) is 0 Å². The molecule has 0 saturated carbocycles. The summed E-state index contributed by atoms with van der Waals surface area (Å²) in [5, 5.41) is 0. The van der Waals surface area contributed by atoms with E-state index in [-0.39, 0.29) is 12.7 Å². The van der Waals surface area contributed by atoms with Gasteiger partial charge in [-0.2, -0.15) is 0 Å². The molecule has 0 bridgehead atoms. The predicted octanol–water partition coefficient (Wildman–Crippen LogP) is 5.85. The van der Waals surface area contributed by atoms with Crippen molar-refractivity contribution in [3.8, 4) is 0 Å². The second kappa shape index (κ2) is 8.30. The van der Waals surface area contributed by atoms with Crippen molar-refractivity contribution in [1.29, 1.82) is 0 Å². The van der Waals surface area contributed by atoms with E-state index in [4.69, 9.17) is 14.0 Å². The lowest BCUT2D eigenvalue weighted by Gasteiger charge is -2.20. The van der Waals surface area contributed by atoms with E-state index in [1.807, 2.05) is 74.5 Å². The van der Waals surface area contributed by atoms with Gasteiger partial charge >= 0.3 is 5.77 Å². The van der Waals surface area contributed by atoms with Crippen molar-refractivity contribution in [1.82, 2.24) is 0 Å². The Bertz CT molecular complexity index is 679. The molecule has 2 aromatic carbocycles. The Hall–Kier alpha value is -0.750. The predicted molar refractivity (Wildman–Crippen MR) is 103 cm³/mol. The van der Waals surface area contributed by atoms with Gasteiger partial charge in [-0.1, -0.05) is 36.4 Å². The summed E-state index contributed by atoms with van der Waals surface area (Å²) in [6.45, 7) is 4.41. The molecule has 0 aliphatic carbocycles. The standard InChI is InChI=1S/C18H21O4PS2/c1-18(2)20-13-15(22-18)14-21-23(19,24-16-9-5-3-6-10-16)25-17-11-7-4-8-12-17/h3-12,15H,13-14H2,1-2H3/t15-/m0/s1. The van der Waals surface area contributed by atoms with Crippen LogP contribution in [0.5, 0.6) is 0 Å². The van der Waals surface area contributed by atoms with Gasteiger partial charge in [0.05, 0.1) is 13.2 Å². The molecule has 25 heavy (non-hydrogen) atoms. The molecule has 0 unspecified atom stereocenters. The molecular weight excluding hydrogens is 375 g/mol. The molecule has 1 heterocycles. The highest BCUT2D eigenvalue weighted by molar-refractivity contribution is 8.89. The van der Waals surface area contributed by atoms with Crippen LogP contribution in [0.4, 0.5) is 0 Å². The molecule has 0 amide bonds. The molecule has 4 nitrogen and oxygen atoms in total. The Balaban J connectivity index is 1.71. The Morgan fingerprint density at radius 3 is 2.00 bits per heavy atom. The van der Waals surface area contributed by atoms with Gasteiger partial charge in [-0.3, -0.25) is 4.57 Å². The van der Waals surface area contributed by atoms with Crippen molar-refractivity contribution in [2.75, 3.05) is 13.2 Å². The summed E-state index contributed by atoms with van der Waals surface area (Å²) in [7, 11) is 0. The van der Waals surface area contributed by atoms with Gasteiger partial charge in [0, 0.05) is 9.79 Å². The van der Waals surface area contributed by atoms with Gasteiger partial charge < -0.3 is 14.0 Å². The van der Waals surface area contributed by atoms with Crippen LogP contribution in [0.2, 0.25) is 0 Å². The quantitative estimate of drug-likeness (QED) is 0.547. The first-order valence-corrected chi connectivity index (χ1v) is 12.5. The summed E-state index contributed by atoms with van der Waals surface area (Å²) in [6.07, 6.45) is -0.212. The molecule has 1 fully saturated rings. The van der Waals surface area contributed by atoms with Crippen LogP contribution < -0.4 is 0 Å². The zero-order valence-corrected chi connectivity index (χ0v) is 16.7. The van der Waals surface area contributed by atoms with Crippen molar-refractivity contribution in [2.45, 2.75) is 35.5 Å². The van der Waals surface area contributed by atoms with Crippen LogP contribution >= 0.6 is 28.5 Å². The van der Waals surface area contributed by atoms with Crippen molar-refractivity contribution in [3.63, 3.8) is 0 Å². The summed E-state index contributed by atoms with van der Waals surface area (Å²) >= 11 is 2.54. The van der Waals surface area contributed by atoms with Gasteiger partial charge in [0.25, 0.3) is 0 Å². The molecule has 3 rings (SSSR count). The summed E-state index contributed by atoms with van der Waals surface area (Å²) in [6, 6.07) is 19.3. The number of rotatable bonds is 7. The maximum absolute atomic E-state index is 13.5. The topological polar surface area (TPSA) is 44.8 Å². The maximum Gasteiger partial charge on any atom is 0.322 e. The largest absolute Gasteiger partial charge is 0.348 e. The van der Waals surface area contributed by atoms with Crippen molar-refractivity contribution < 1.29 is 18.6 Å². The molecule has 1 aliphatic rings. The molecule has 0 aromatic heterocycles. The van der Waals surface area contributed by atoms with Gasteiger partial charge in [-0.25, -0.2) is 0 Å². The normalized spacial score (nSPS) is 19.8. The lowest BCUT2D eigenvalue weighted by atomic mass is 10.4. The minimum absolute atomic E-state index is 0.212. The molecule has 134 valence electrons. The smallest absolute Gasteiger partial charge is 0.322 e. The van der Waals surface area contributed by atoms with Gasteiger partial charge in [-0.15, -0.1) is 0 Å². The molecule has 1 saturated heterocycles. The number of benzene rings is 2. The first-order chi connectivity index (χ1) is 11.9. The lowest BCUT2D eigenvalue weighted by molar-refractivity contribution is -0.141. The summed E-state index contributed by atoms with van der Waals surface area (Å²) < 4.78 is 30.7. The Morgan fingerprint density at radius 1 is 1.04 bits per heavy atom. The molecule has 1 atom stereocenters. The molecule has 1 aliphatic heterocycles. The van der Waals surface area contributed by atoms with Gasteiger partial charge in [0.1, 0.15) is 6.10 Å². The first kappa shape index (κ1) is 19.0. The second-order valence-electron chi connectivity index (χ2n) is 6.00. The van der Waals surface area contributed by atoms with Crippen LogP contribution in [-0.2, 0) is 18.6 Å². The number of ether oxygens (including phenoxy) is 2. The third kappa shape index (κ3) is 5.88. The van der Waals surface area contributed by atoms with Crippen LogP contribution in [0.15, 0.2) is 70.5 Å². The fraction of sp³-hybridized carbons (Fsp3) is 0.333. The fourth-order valence-electron chi connectivity index (χ4n) is 2.31. The monoisotopic (exact) mass is 396 g/mol. The van der Waals surface area contributed by atoms with E-state index < -0.39 is 11.6 Å². The van der Waals surface area contributed by atoms with Crippen molar-refractivity contribution in [2.24, 2.45) is 0 Å². The summed E-state index contributed by atoms with van der Waals surface area (Å²) in [4.78, 5) is 1.83. The third-order valence-electron chi connectivity index (χ3n) is 3.41. The highest BCUT2D eigenvalue weighted by Crippen LogP contribution is 2.74. The highest BCUT2D eigenvalue weighted by atomic mass is 33.1. The van der Waals surface area contributed by atoms with Crippen molar-refractivity contribution >= 4 is 28.5 Å². The Morgan fingerprint density at radius 2 is 1.56 bits per heavy atom. The van der Waals surface area contributed by atoms with E-state index in [0.29, 0.717) is 6.61 Å². The third-order valence-corrected chi connectivity index (χ3v) is 9.87. The second-order valence-corrected chi connectivity index (χ2v) is 13.1. The van der Waals surface area contributed by atoms with E-state index in [1.54, 1.807) is 0 Å². The Labute approximate surface area is 156 Å². The van der Waals surface area contributed by atoms with Crippen LogP contribution in [0, 0.1) is 0 Å². The van der Waals surface area contributed by atoms with E-state index >= 15 is 0 Å². The number of hydrogen-bond acceptors (Lipinski definition) is 6. The van der Waals surface area contributed by atoms with E-state index in [9.17, 15) is 4.57 Å². The minimum atomic E-state index is -3.06. The van der Waals surface area contributed by atoms with E-state index in [2.05, 4.69) is 0 Å². The van der Waals surface area contributed by atoms with Crippen LogP contribution in [0.25, 0.3) is 0 Å². The molecule has 0 spiro atoms. The highest BCUT2D eigenvalue weighted by Gasteiger charge is 2.35. The average Bonchev–Trinajstić information content (AvgIpc) is 2.94. The molecule has 0 N–H and O–H groups in total. The Kier molecular flexibility index (Phi) is 6.31. The van der Waals surface area contributed by atoms with E-state index in [0.717, 1.165) is 9.79 Å². The molecule has 0 radical (unpaired) electrons. The van der Waals surface area contributed by atoms with Crippen molar-refractivity contribution in [3.05, 3.63) is 60.7 Å². The first-order valence-electron chi connectivity index (χ1n) is 8.00. The van der Waals surface area contributed by atoms with Crippen LogP contribution in [0.3, 0.4) is 0 Å². The average molecular weight is 396 g/mol. The zero-order chi connectivity index (χ0) is 17.8. The van der Waals surface area contributed by atoms with Crippen LogP contribution in [-0.4, -0.2) is 25.1 Å². The SMILES string of the molecule is CC1(C)OC[C@@H](COP(=O)(Sc2ccccc2)Sc2ccccc2)O1.